The van der Waals surface area contributed by atoms with Crippen LogP contribution in [-0.2, 0) is 0 Å². The maximum atomic E-state index is 5.62. The predicted octanol–water partition coefficient (Wildman–Crippen LogP) is 2.58. The van der Waals surface area contributed by atoms with Gasteiger partial charge in [-0.15, -0.1) is 0 Å². The molecule has 17 heavy (non-hydrogen) atoms. The fourth-order valence-electron chi connectivity index (χ4n) is 1.63. The molecule has 4 nitrogen and oxygen atoms in total. The molecule has 0 bridgehead atoms. The Morgan fingerprint density at radius 3 is 2.59 bits per heavy atom. The summed E-state index contributed by atoms with van der Waals surface area (Å²) in [7, 11) is 0. The lowest BCUT2D eigenvalue weighted by molar-refractivity contribution is 1.06. The number of rotatable bonds is 2. The third-order valence-electron chi connectivity index (χ3n) is 2.48. The number of imidazole rings is 1. The molecular formula is C12H10N4S. The molecule has 0 aliphatic heterocycles. The molecule has 5 heteroatoms. The van der Waals surface area contributed by atoms with Gasteiger partial charge < -0.3 is 10.3 Å². The lowest BCUT2D eigenvalue weighted by Crippen LogP contribution is -1.88. The molecule has 0 radical (unpaired) electrons. The quantitative estimate of drug-likeness (QED) is 0.751. The maximum Gasteiger partial charge on any atom is 0.180 e. The summed E-state index contributed by atoms with van der Waals surface area (Å²) in [4.78, 5) is 9.15. The Balaban J connectivity index is 1.95. The third kappa shape index (κ3) is 1.92. The Hall–Kier alpha value is -2.14. The van der Waals surface area contributed by atoms with Gasteiger partial charge in [-0.1, -0.05) is 23.5 Å². The molecule has 1 aromatic carbocycles. The summed E-state index contributed by atoms with van der Waals surface area (Å²) in [6, 6.07) is 8.21. The van der Waals surface area contributed by atoms with Crippen LogP contribution in [0, 0.1) is 0 Å². The summed E-state index contributed by atoms with van der Waals surface area (Å²) in [5.74, 6) is 0. The molecule has 84 valence electrons. The van der Waals surface area contributed by atoms with Gasteiger partial charge in [-0.05, 0) is 17.7 Å². The SMILES string of the molecule is Nc1ncc(-c2ccc(-n3ccnc3)cc2)s1. The average Bonchev–Trinajstić information content (AvgIpc) is 3.00. The van der Waals surface area contributed by atoms with E-state index in [0.717, 1.165) is 16.1 Å². The number of benzene rings is 1. The number of nitrogens with zero attached hydrogens (tertiary/aromatic N) is 3. The summed E-state index contributed by atoms with van der Waals surface area (Å²) < 4.78 is 1.96. The smallest absolute Gasteiger partial charge is 0.180 e. The normalized spacial score (nSPS) is 10.6. The second-order valence-corrected chi connectivity index (χ2v) is 4.64. The lowest BCUT2D eigenvalue weighted by Gasteiger charge is -2.02. The van der Waals surface area contributed by atoms with Crippen molar-refractivity contribution in [2.45, 2.75) is 0 Å². The van der Waals surface area contributed by atoms with Crippen molar-refractivity contribution in [1.29, 1.82) is 0 Å². The molecule has 2 N–H and O–H groups in total. The van der Waals surface area contributed by atoms with Gasteiger partial charge >= 0.3 is 0 Å². The molecule has 2 heterocycles. The highest BCUT2D eigenvalue weighted by Crippen LogP contribution is 2.27. The fourth-order valence-corrected chi connectivity index (χ4v) is 2.32. The van der Waals surface area contributed by atoms with Crippen LogP contribution in [0.1, 0.15) is 0 Å². The summed E-state index contributed by atoms with van der Waals surface area (Å²) in [5, 5.41) is 0.596. The summed E-state index contributed by atoms with van der Waals surface area (Å²) in [6.45, 7) is 0. The molecule has 0 saturated heterocycles. The van der Waals surface area contributed by atoms with Crippen molar-refractivity contribution in [2.75, 3.05) is 5.73 Å². The van der Waals surface area contributed by atoms with Crippen molar-refractivity contribution in [3.05, 3.63) is 49.2 Å². The monoisotopic (exact) mass is 242 g/mol. The standard InChI is InChI=1S/C12H10N4S/c13-12-15-7-11(17-12)9-1-3-10(4-2-9)16-6-5-14-8-16/h1-8H,(H2,13,15). The zero-order valence-electron chi connectivity index (χ0n) is 8.95. The Bertz CT molecular complexity index is 610. The van der Waals surface area contributed by atoms with Crippen molar-refractivity contribution < 1.29 is 0 Å². The van der Waals surface area contributed by atoms with Crippen LogP contribution in [0.3, 0.4) is 0 Å². The first kappa shape index (κ1) is 10.0. The largest absolute Gasteiger partial charge is 0.375 e. The van der Waals surface area contributed by atoms with Gasteiger partial charge in [-0.25, -0.2) is 9.97 Å². The van der Waals surface area contributed by atoms with E-state index >= 15 is 0 Å². The van der Waals surface area contributed by atoms with E-state index in [1.807, 2.05) is 22.9 Å². The molecule has 0 aliphatic rings. The van der Waals surface area contributed by atoms with Crippen LogP contribution in [0.2, 0.25) is 0 Å². The molecule has 0 amide bonds. The van der Waals surface area contributed by atoms with Gasteiger partial charge in [0.25, 0.3) is 0 Å². The second-order valence-electron chi connectivity index (χ2n) is 3.58. The van der Waals surface area contributed by atoms with E-state index in [2.05, 4.69) is 22.1 Å². The van der Waals surface area contributed by atoms with E-state index in [-0.39, 0.29) is 0 Å². The van der Waals surface area contributed by atoms with Gasteiger partial charge in [0.15, 0.2) is 5.13 Å². The molecule has 0 atom stereocenters. The number of aromatic nitrogens is 3. The zero-order chi connectivity index (χ0) is 11.7. The van der Waals surface area contributed by atoms with E-state index in [9.17, 15) is 0 Å². The molecule has 2 aromatic heterocycles. The van der Waals surface area contributed by atoms with Crippen LogP contribution >= 0.6 is 11.3 Å². The van der Waals surface area contributed by atoms with Crippen molar-refractivity contribution in [3.63, 3.8) is 0 Å². The van der Waals surface area contributed by atoms with Gasteiger partial charge in [-0.3, -0.25) is 0 Å². The first-order chi connectivity index (χ1) is 8.33. The minimum atomic E-state index is 0.596. The summed E-state index contributed by atoms with van der Waals surface area (Å²) in [6.07, 6.45) is 7.25. The number of thiazole rings is 1. The van der Waals surface area contributed by atoms with Crippen LogP contribution in [0.15, 0.2) is 49.2 Å². The number of anilines is 1. The Kier molecular flexibility index (Phi) is 2.38. The minimum Gasteiger partial charge on any atom is -0.375 e. The summed E-state index contributed by atoms with van der Waals surface area (Å²) in [5.41, 5.74) is 7.83. The van der Waals surface area contributed by atoms with Gasteiger partial charge in [0.2, 0.25) is 0 Å². The van der Waals surface area contributed by atoms with E-state index < -0.39 is 0 Å². The number of nitrogen functional groups attached to an aromatic ring is 1. The molecule has 0 saturated carbocycles. The topological polar surface area (TPSA) is 56.7 Å². The molecule has 0 spiro atoms. The Labute approximate surface area is 102 Å². The minimum absolute atomic E-state index is 0.596. The Morgan fingerprint density at radius 1 is 1.18 bits per heavy atom. The maximum absolute atomic E-state index is 5.62. The Morgan fingerprint density at radius 2 is 2.00 bits per heavy atom. The predicted molar refractivity (Wildman–Crippen MR) is 69.1 cm³/mol. The molecule has 0 fully saturated rings. The molecule has 0 aliphatic carbocycles. The lowest BCUT2D eigenvalue weighted by atomic mass is 10.2. The third-order valence-corrected chi connectivity index (χ3v) is 3.35. The molecule has 3 aromatic rings. The number of hydrogen-bond donors (Lipinski definition) is 1. The van der Waals surface area contributed by atoms with Crippen LogP contribution < -0.4 is 5.73 Å². The van der Waals surface area contributed by atoms with Crippen LogP contribution in [0.5, 0.6) is 0 Å². The van der Waals surface area contributed by atoms with E-state index in [0.29, 0.717) is 5.13 Å². The van der Waals surface area contributed by atoms with Gasteiger partial charge in [0.05, 0.1) is 11.2 Å². The zero-order valence-corrected chi connectivity index (χ0v) is 9.76. The average molecular weight is 242 g/mol. The van der Waals surface area contributed by atoms with Crippen molar-refractivity contribution in [2.24, 2.45) is 0 Å². The van der Waals surface area contributed by atoms with E-state index in [4.69, 9.17) is 5.73 Å². The second kappa shape index (κ2) is 4.03. The summed E-state index contributed by atoms with van der Waals surface area (Å²) >= 11 is 1.49. The van der Waals surface area contributed by atoms with Crippen LogP contribution in [-0.4, -0.2) is 14.5 Å². The number of hydrogen-bond acceptors (Lipinski definition) is 4. The first-order valence-electron chi connectivity index (χ1n) is 5.13. The molecule has 3 rings (SSSR count). The van der Waals surface area contributed by atoms with E-state index in [1.165, 1.54) is 11.3 Å². The van der Waals surface area contributed by atoms with Crippen molar-refractivity contribution in [1.82, 2.24) is 14.5 Å². The van der Waals surface area contributed by atoms with Crippen molar-refractivity contribution in [3.8, 4) is 16.1 Å². The van der Waals surface area contributed by atoms with Gasteiger partial charge in [-0.2, -0.15) is 0 Å². The number of nitrogens with two attached hydrogens (primary N) is 1. The van der Waals surface area contributed by atoms with Gasteiger partial charge in [0.1, 0.15) is 0 Å². The van der Waals surface area contributed by atoms with Crippen LogP contribution in [0.4, 0.5) is 5.13 Å². The highest BCUT2D eigenvalue weighted by molar-refractivity contribution is 7.18. The van der Waals surface area contributed by atoms with Crippen molar-refractivity contribution >= 4 is 16.5 Å². The van der Waals surface area contributed by atoms with E-state index in [1.54, 1.807) is 18.7 Å². The molecule has 0 unspecified atom stereocenters. The van der Waals surface area contributed by atoms with Crippen LogP contribution in [0.25, 0.3) is 16.1 Å². The highest BCUT2D eigenvalue weighted by Gasteiger charge is 2.02. The highest BCUT2D eigenvalue weighted by atomic mass is 32.1. The first-order valence-corrected chi connectivity index (χ1v) is 5.95. The fraction of sp³-hybridized carbons (Fsp3) is 0. The van der Waals surface area contributed by atoms with Gasteiger partial charge in [0, 0.05) is 24.3 Å². The molecular weight excluding hydrogens is 232 g/mol.